The Bertz CT molecular complexity index is 421. The van der Waals surface area contributed by atoms with E-state index in [9.17, 15) is 0 Å². The number of nitrogens with zero attached hydrogens (tertiary/aromatic N) is 3. The minimum Gasteiger partial charge on any atom is -0.452 e. The van der Waals surface area contributed by atoms with Crippen LogP contribution in [0.1, 0.15) is 5.76 Å². The van der Waals surface area contributed by atoms with Crippen LogP contribution >= 0.6 is 31.9 Å². The van der Waals surface area contributed by atoms with Crippen molar-refractivity contribution in [3.05, 3.63) is 33.4 Å². The van der Waals surface area contributed by atoms with Crippen molar-refractivity contribution >= 4 is 31.9 Å². The molecule has 0 atom stereocenters. The first-order valence-corrected chi connectivity index (χ1v) is 6.33. The summed E-state index contributed by atoms with van der Waals surface area (Å²) in [5, 5.41) is 10.9. The van der Waals surface area contributed by atoms with E-state index in [0.717, 1.165) is 28.0 Å². The Morgan fingerprint density at radius 1 is 1.44 bits per heavy atom. The molecule has 0 radical (unpaired) electrons. The molecule has 2 aromatic rings. The van der Waals surface area contributed by atoms with Crippen molar-refractivity contribution in [1.29, 1.82) is 0 Å². The predicted octanol–water partition coefficient (Wildman–Crippen LogP) is 2.19. The van der Waals surface area contributed by atoms with Gasteiger partial charge in [-0.15, -0.1) is 5.10 Å². The van der Waals surface area contributed by atoms with Gasteiger partial charge in [-0.25, -0.2) is 0 Å². The Labute approximate surface area is 109 Å². The lowest BCUT2D eigenvalue weighted by Gasteiger charge is -2.01. The van der Waals surface area contributed by atoms with Crippen molar-refractivity contribution in [1.82, 2.24) is 20.3 Å². The summed E-state index contributed by atoms with van der Waals surface area (Å²) < 4.78 is 8.86. The summed E-state index contributed by atoms with van der Waals surface area (Å²) >= 11 is 6.66. The van der Waals surface area contributed by atoms with Crippen LogP contribution in [0.2, 0.25) is 0 Å². The van der Waals surface area contributed by atoms with Crippen molar-refractivity contribution in [2.75, 3.05) is 6.54 Å². The second-order valence-corrected chi connectivity index (χ2v) is 4.75. The third-order valence-corrected chi connectivity index (χ3v) is 3.70. The fourth-order valence-electron chi connectivity index (χ4n) is 1.24. The van der Waals surface area contributed by atoms with Crippen molar-refractivity contribution < 1.29 is 4.42 Å². The standard InChI is InChI=1S/C9H10Br2N4O/c10-8-5-7(16-9(8)11)6-12-1-3-15-4-2-13-14-15/h2,4-5,12H,1,3,6H2. The van der Waals surface area contributed by atoms with Gasteiger partial charge in [-0.3, -0.25) is 4.68 Å². The molecule has 0 spiro atoms. The number of nitrogens with one attached hydrogen (secondary N) is 1. The van der Waals surface area contributed by atoms with E-state index in [1.807, 2.05) is 12.3 Å². The molecule has 2 aromatic heterocycles. The van der Waals surface area contributed by atoms with Gasteiger partial charge in [0.25, 0.3) is 0 Å². The van der Waals surface area contributed by atoms with E-state index in [0.29, 0.717) is 6.54 Å². The lowest BCUT2D eigenvalue weighted by atomic mass is 10.4. The quantitative estimate of drug-likeness (QED) is 0.840. The highest BCUT2D eigenvalue weighted by molar-refractivity contribution is 9.13. The van der Waals surface area contributed by atoms with Crippen LogP contribution in [0.5, 0.6) is 0 Å². The number of aromatic nitrogens is 3. The molecule has 0 aliphatic heterocycles. The van der Waals surface area contributed by atoms with Gasteiger partial charge in [0.2, 0.25) is 0 Å². The Morgan fingerprint density at radius 2 is 2.31 bits per heavy atom. The molecule has 7 heteroatoms. The van der Waals surface area contributed by atoms with Gasteiger partial charge in [-0.05, 0) is 37.9 Å². The molecule has 0 aromatic carbocycles. The highest BCUT2D eigenvalue weighted by atomic mass is 79.9. The molecule has 2 heterocycles. The van der Waals surface area contributed by atoms with Crippen molar-refractivity contribution in [3.8, 4) is 0 Å². The zero-order chi connectivity index (χ0) is 11.4. The summed E-state index contributed by atoms with van der Waals surface area (Å²) in [7, 11) is 0. The Hall–Kier alpha value is -0.660. The summed E-state index contributed by atoms with van der Waals surface area (Å²) in [6.45, 7) is 2.31. The van der Waals surface area contributed by atoms with E-state index < -0.39 is 0 Å². The van der Waals surface area contributed by atoms with Crippen LogP contribution in [0.25, 0.3) is 0 Å². The number of hydrogen-bond acceptors (Lipinski definition) is 4. The number of hydrogen-bond donors (Lipinski definition) is 1. The van der Waals surface area contributed by atoms with Crippen LogP contribution in [-0.2, 0) is 13.1 Å². The van der Waals surface area contributed by atoms with E-state index >= 15 is 0 Å². The second-order valence-electron chi connectivity index (χ2n) is 3.18. The molecule has 5 nitrogen and oxygen atoms in total. The number of rotatable bonds is 5. The van der Waals surface area contributed by atoms with Crippen LogP contribution in [0.3, 0.4) is 0 Å². The molecular formula is C9H10Br2N4O. The van der Waals surface area contributed by atoms with Gasteiger partial charge < -0.3 is 9.73 Å². The van der Waals surface area contributed by atoms with Crippen LogP contribution in [0.4, 0.5) is 0 Å². The van der Waals surface area contributed by atoms with E-state index in [-0.39, 0.29) is 0 Å². The van der Waals surface area contributed by atoms with E-state index in [2.05, 4.69) is 47.5 Å². The number of furan rings is 1. The van der Waals surface area contributed by atoms with Gasteiger partial charge in [-0.2, -0.15) is 0 Å². The zero-order valence-electron chi connectivity index (χ0n) is 8.36. The van der Waals surface area contributed by atoms with E-state index in [1.165, 1.54) is 0 Å². The van der Waals surface area contributed by atoms with Crippen LogP contribution in [0, 0.1) is 0 Å². The largest absolute Gasteiger partial charge is 0.452 e. The summed E-state index contributed by atoms with van der Waals surface area (Å²) in [5.74, 6) is 0.886. The van der Waals surface area contributed by atoms with Gasteiger partial charge in [0.05, 0.1) is 23.8 Å². The minimum absolute atomic E-state index is 0.693. The molecule has 0 fully saturated rings. The fraction of sp³-hybridized carbons (Fsp3) is 0.333. The van der Waals surface area contributed by atoms with Crippen molar-refractivity contribution in [2.24, 2.45) is 0 Å². The third-order valence-electron chi connectivity index (χ3n) is 1.99. The summed E-state index contributed by atoms with van der Waals surface area (Å²) in [4.78, 5) is 0. The molecule has 16 heavy (non-hydrogen) atoms. The van der Waals surface area contributed by atoms with Crippen molar-refractivity contribution in [2.45, 2.75) is 13.1 Å². The molecule has 0 amide bonds. The monoisotopic (exact) mass is 348 g/mol. The summed E-state index contributed by atoms with van der Waals surface area (Å²) in [5.41, 5.74) is 0. The molecule has 0 saturated carbocycles. The van der Waals surface area contributed by atoms with Gasteiger partial charge in [-0.1, -0.05) is 5.21 Å². The molecule has 0 bridgehead atoms. The molecule has 0 unspecified atom stereocenters. The van der Waals surface area contributed by atoms with Gasteiger partial charge in [0, 0.05) is 12.7 Å². The van der Waals surface area contributed by atoms with Crippen LogP contribution in [-0.4, -0.2) is 21.5 Å². The van der Waals surface area contributed by atoms with Gasteiger partial charge in [0.15, 0.2) is 4.67 Å². The van der Waals surface area contributed by atoms with Crippen LogP contribution in [0.15, 0.2) is 32.0 Å². The molecular weight excluding hydrogens is 340 g/mol. The Balaban J connectivity index is 1.72. The molecule has 0 saturated heterocycles. The maximum atomic E-state index is 5.42. The zero-order valence-corrected chi connectivity index (χ0v) is 11.5. The maximum Gasteiger partial charge on any atom is 0.183 e. The van der Waals surface area contributed by atoms with Crippen LogP contribution < -0.4 is 5.32 Å². The van der Waals surface area contributed by atoms with Gasteiger partial charge in [0.1, 0.15) is 5.76 Å². The highest BCUT2D eigenvalue weighted by Gasteiger charge is 2.04. The normalized spacial score (nSPS) is 10.9. The summed E-state index contributed by atoms with van der Waals surface area (Å²) in [6, 6.07) is 1.94. The first-order valence-electron chi connectivity index (χ1n) is 4.74. The highest BCUT2D eigenvalue weighted by Crippen LogP contribution is 2.26. The Morgan fingerprint density at radius 3 is 2.94 bits per heavy atom. The Kier molecular flexibility index (Phi) is 4.14. The lowest BCUT2D eigenvalue weighted by Crippen LogP contribution is -2.19. The molecule has 0 aliphatic carbocycles. The average molecular weight is 350 g/mol. The smallest absolute Gasteiger partial charge is 0.183 e. The van der Waals surface area contributed by atoms with E-state index in [4.69, 9.17) is 4.42 Å². The lowest BCUT2D eigenvalue weighted by molar-refractivity contribution is 0.453. The predicted molar refractivity (Wildman–Crippen MR) is 65.8 cm³/mol. The van der Waals surface area contributed by atoms with E-state index in [1.54, 1.807) is 10.9 Å². The third kappa shape index (κ3) is 3.16. The minimum atomic E-state index is 0.693. The molecule has 86 valence electrons. The molecule has 0 aliphatic rings. The average Bonchev–Trinajstić information content (AvgIpc) is 2.85. The first kappa shape index (κ1) is 11.8. The molecule has 1 N–H and O–H groups in total. The summed E-state index contributed by atoms with van der Waals surface area (Å²) in [6.07, 6.45) is 3.50. The SMILES string of the molecule is Brc1cc(CNCCn2ccnn2)oc1Br. The maximum absolute atomic E-state index is 5.42. The first-order chi connectivity index (χ1) is 7.75. The van der Waals surface area contributed by atoms with Gasteiger partial charge >= 0.3 is 0 Å². The number of halogens is 2. The fourth-order valence-corrected chi connectivity index (χ4v) is 1.89. The molecule has 2 rings (SSSR count). The van der Waals surface area contributed by atoms with Crippen molar-refractivity contribution in [3.63, 3.8) is 0 Å². The topological polar surface area (TPSA) is 55.9 Å². The second kappa shape index (κ2) is 5.60.